The van der Waals surface area contributed by atoms with Gasteiger partial charge < -0.3 is 0 Å². The Morgan fingerprint density at radius 3 is 1.37 bits per heavy atom. The van der Waals surface area contributed by atoms with E-state index < -0.39 is 21.1 Å². The molecule has 0 spiro atoms. The van der Waals surface area contributed by atoms with Gasteiger partial charge in [0.1, 0.15) is 0 Å². The molecule has 2 nitrogen and oxygen atoms in total. The summed E-state index contributed by atoms with van der Waals surface area (Å²) < 4.78 is 14.9. The Hall–Kier alpha value is -0.757. The van der Waals surface area contributed by atoms with Crippen LogP contribution >= 0.6 is 0 Å². The molecule has 0 aliphatic carbocycles. The molecule has 0 atom stereocenters. The van der Waals surface area contributed by atoms with E-state index >= 15 is 0 Å². The molecule has 0 radical (unpaired) electrons. The predicted molar refractivity (Wildman–Crippen MR) is 75.4 cm³/mol. The fraction of sp³-hybridized carbons (Fsp3) is 0.250. The van der Waals surface area contributed by atoms with Crippen molar-refractivity contribution >= 4 is 6.54 Å². The summed E-state index contributed by atoms with van der Waals surface area (Å²) in [5, 5.41) is 0. The van der Waals surface area contributed by atoms with E-state index in [4.69, 9.17) is 5.63 Å². The van der Waals surface area contributed by atoms with Gasteiger partial charge in [-0.15, -0.1) is 0 Å². The van der Waals surface area contributed by atoms with Crippen molar-refractivity contribution in [1.82, 2.24) is 0 Å². The summed E-state index contributed by atoms with van der Waals surface area (Å²) in [6, 6.07) is 20.8. The summed E-state index contributed by atoms with van der Waals surface area (Å²) in [6.07, 6.45) is 0. The second kappa shape index (κ2) is 7.14. The van der Waals surface area contributed by atoms with Crippen LogP contribution in [0.15, 0.2) is 60.7 Å². The third-order valence-electron chi connectivity index (χ3n) is 3.00. The van der Waals surface area contributed by atoms with Crippen LogP contribution in [0.2, 0.25) is 0 Å². The number of rotatable bonds is 6. The quantitative estimate of drug-likeness (QED) is 0.808. The van der Waals surface area contributed by atoms with E-state index in [1.165, 1.54) is 6.54 Å². The zero-order valence-electron chi connectivity index (χ0n) is 11.5. The topological polar surface area (TPSA) is 18.5 Å². The molecule has 100 valence electrons. The molecular weight excluding hydrogens is 315 g/mol. The molecule has 3 heteroatoms. The van der Waals surface area contributed by atoms with E-state index in [0.29, 0.717) is 13.2 Å². The Balaban J connectivity index is 2.54. The maximum atomic E-state index is 6.23. The standard InChI is InChI=1S/2C6H5.2C2H5O.Zr/c2*1-2-4-6-5-3-1;2*1-2-3;/h2*1-5H;2*2H2,1H3;/q;;2*-1;+2. The van der Waals surface area contributed by atoms with Gasteiger partial charge in [0.2, 0.25) is 0 Å². The van der Waals surface area contributed by atoms with Crippen molar-refractivity contribution in [3.63, 3.8) is 0 Å². The molecule has 0 aliphatic rings. The molecule has 2 rings (SSSR count). The van der Waals surface area contributed by atoms with Crippen LogP contribution in [0.4, 0.5) is 0 Å². The van der Waals surface area contributed by atoms with E-state index in [1.807, 2.05) is 26.0 Å². The average Bonchev–Trinajstić information content (AvgIpc) is 2.49. The molecule has 0 N–H and O–H groups in total. The molecule has 0 aliphatic heterocycles. The zero-order chi connectivity index (χ0) is 13.6. The van der Waals surface area contributed by atoms with Crippen LogP contribution in [0.1, 0.15) is 13.8 Å². The molecule has 0 fully saturated rings. The minimum atomic E-state index is -3.44. The third kappa shape index (κ3) is 3.23. The van der Waals surface area contributed by atoms with E-state index in [2.05, 4.69) is 48.5 Å². The molecule has 0 heterocycles. The monoisotopic (exact) mass is 334 g/mol. The van der Waals surface area contributed by atoms with Crippen LogP contribution in [0, 0.1) is 0 Å². The summed E-state index contributed by atoms with van der Waals surface area (Å²) in [5.41, 5.74) is 0. The van der Waals surface area contributed by atoms with E-state index in [1.54, 1.807) is 0 Å². The van der Waals surface area contributed by atoms with Gasteiger partial charge >= 0.3 is 121 Å². The van der Waals surface area contributed by atoms with Gasteiger partial charge in [0.25, 0.3) is 0 Å². The van der Waals surface area contributed by atoms with Gasteiger partial charge in [-0.1, -0.05) is 0 Å². The van der Waals surface area contributed by atoms with Crippen molar-refractivity contribution in [3.05, 3.63) is 60.7 Å². The van der Waals surface area contributed by atoms with Crippen molar-refractivity contribution in [2.75, 3.05) is 13.2 Å². The van der Waals surface area contributed by atoms with Crippen LogP contribution in [0.3, 0.4) is 0 Å². The van der Waals surface area contributed by atoms with Crippen LogP contribution in [0.25, 0.3) is 0 Å². The summed E-state index contributed by atoms with van der Waals surface area (Å²) in [5.74, 6) is 0. The fourth-order valence-corrected chi connectivity index (χ4v) is 10.0. The van der Waals surface area contributed by atoms with Crippen molar-refractivity contribution < 1.29 is 26.8 Å². The van der Waals surface area contributed by atoms with Gasteiger partial charge in [-0.2, -0.15) is 0 Å². The first kappa shape index (κ1) is 14.6. The number of benzene rings is 2. The molecule has 0 amide bonds. The summed E-state index contributed by atoms with van der Waals surface area (Å²) in [4.78, 5) is 0. The maximum absolute atomic E-state index is 6.23. The zero-order valence-corrected chi connectivity index (χ0v) is 14.0. The first-order chi connectivity index (χ1) is 9.33. The van der Waals surface area contributed by atoms with Crippen LogP contribution < -0.4 is 6.54 Å². The van der Waals surface area contributed by atoms with Crippen molar-refractivity contribution in [1.29, 1.82) is 0 Å². The van der Waals surface area contributed by atoms with Crippen molar-refractivity contribution in [2.45, 2.75) is 13.8 Å². The van der Waals surface area contributed by atoms with E-state index in [9.17, 15) is 0 Å². The Bertz CT molecular complexity index is 437. The predicted octanol–water partition coefficient (Wildman–Crippen LogP) is 2.69. The second-order valence-corrected chi connectivity index (χ2v) is 11.5. The molecule has 0 aromatic heterocycles. The average molecular weight is 336 g/mol. The fourth-order valence-electron chi connectivity index (χ4n) is 2.26. The first-order valence-corrected chi connectivity index (χ1v) is 11.2. The van der Waals surface area contributed by atoms with Gasteiger partial charge in [-0.05, 0) is 0 Å². The molecule has 2 aromatic rings. The molecule has 0 bridgehead atoms. The van der Waals surface area contributed by atoms with Gasteiger partial charge in [0, 0.05) is 0 Å². The summed E-state index contributed by atoms with van der Waals surface area (Å²) in [7, 11) is 0. The Morgan fingerprint density at radius 2 is 1.05 bits per heavy atom. The van der Waals surface area contributed by atoms with Crippen LogP contribution in [-0.2, 0) is 26.8 Å². The van der Waals surface area contributed by atoms with Crippen molar-refractivity contribution in [3.8, 4) is 0 Å². The first-order valence-electron chi connectivity index (χ1n) is 6.72. The summed E-state index contributed by atoms with van der Waals surface area (Å²) >= 11 is -3.44. The number of hydrogen-bond acceptors (Lipinski definition) is 2. The molecule has 0 saturated carbocycles. The van der Waals surface area contributed by atoms with Gasteiger partial charge in [0.05, 0.1) is 0 Å². The third-order valence-corrected chi connectivity index (χ3v) is 11.8. The Morgan fingerprint density at radius 1 is 0.684 bits per heavy atom. The normalized spacial score (nSPS) is 11.5. The molecule has 2 aromatic carbocycles. The molecule has 0 unspecified atom stereocenters. The Labute approximate surface area is 121 Å². The molecular formula is C16H20O2Zr. The van der Waals surface area contributed by atoms with Gasteiger partial charge in [-0.3, -0.25) is 0 Å². The van der Waals surface area contributed by atoms with Crippen LogP contribution in [-0.4, -0.2) is 13.2 Å². The second-order valence-electron chi connectivity index (χ2n) is 4.21. The van der Waals surface area contributed by atoms with Gasteiger partial charge in [0.15, 0.2) is 0 Å². The van der Waals surface area contributed by atoms with E-state index in [0.717, 1.165) is 0 Å². The summed E-state index contributed by atoms with van der Waals surface area (Å²) in [6.45, 7) is 5.44. The minimum absolute atomic E-state index is 0.680. The van der Waals surface area contributed by atoms with E-state index in [-0.39, 0.29) is 0 Å². The Kier molecular flexibility index (Phi) is 5.50. The molecule has 0 saturated heterocycles. The van der Waals surface area contributed by atoms with Gasteiger partial charge in [-0.25, -0.2) is 0 Å². The molecule has 19 heavy (non-hydrogen) atoms. The van der Waals surface area contributed by atoms with Crippen LogP contribution in [0.5, 0.6) is 0 Å². The number of hydrogen-bond donors (Lipinski definition) is 0. The van der Waals surface area contributed by atoms with Crippen molar-refractivity contribution in [2.24, 2.45) is 0 Å². The SMILES string of the molecule is CC[O][Zr]([O]CC)([c]1ccccc1)[c]1ccccc1.